The summed E-state index contributed by atoms with van der Waals surface area (Å²) in [6, 6.07) is 7.14. The molecule has 0 aliphatic heterocycles. The van der Waals surface area contributed by atoms with Crippen molar-refractivity contribution in [2.45, 2.75) is 6.54 Å². The Morgan fingerprint density at radius 3 is 2.40 bits per heavy atom. The smallest absolute Gasteiger partial charge is 0.260 e. The van der Waals surface area contributed by atoms with Crippen molar-refractivity contribution >= 4 is 15.7 Å². The van der Waals surface area contributed by atoms with Crippen molar-refractivity contribution in [3.05, 3.63) is 29.8 Å². The van der Waals surface area contributed by atoms with E-state index in [9.17, 15) is 13.2 Å². The van der Waals surface area contributed by atoms with E-state index in [0.717, 1.165) is 11.8 Å². The lowest BCUT2D eigenvalue weighted by molar-refractivity contribution is -0.131. The molecule has 0 aromatic heterocycles. The largest absolute Gasteiger partial charge is 0.484 e. The van der Waals surface area contributed by atoms with E-state index in [1.807, 2.05) is 12.1 Å². The predicted octanol–water partition coefficient (Wildman–Crippen LogP) is 0.0271. The first-order valence-corrected chi connectivity index (χ1v) is 8.21. The summed E-state index contributed by atoms with van der Waals surface area (Å²) in [5.41, 5.74) is 6.46. The van der Waals surface area contributed by atoms with Crippen LogP contribution in [0, 0.1) is 0 Å². The lowest BCUT2D eigenvalue weighted by Gasteiger charge is -2.16. The molecule has 0 heterocycles. The molecule has 0 saturated carbocycles. The Bertz CT molecular complexity index is 540. The summed E-state index contributed by atoms with van der Waals surface area (Å²) in [6.07, 6.45) is 1.14. The van der Waals surface area contributed by atoms with Crippen LogP contribution in [-0.2, 0) is 21.2 Å². The van der Waals surface area contributed by atoms with Crippen LogP contribution in [0.5, 0.6) is 5.75 Å². The molecule has 112 valence electrons. The number of nitrogens with two attached hydrogens (primary N) is 1. The summed E-state index contributed by atoms with van der Waals surface area (Å²) in [7, 11) is -1.52. The van der Waals surface area contributed by atoms with Gasteiger partial charge in [-0.3, -0.25) is 4.79 Å². The second kappa shape index (κ2) is 7.25. The van der Waals surface area contributed by atoms with Gasteiger partial charge in [-0.1, -0.05) is 12.1 Å². The van der Waals surface area contributed by atoms with Gasteiger partial charge in [-0.05, 0) is 17.7 Å². The molecule has 0 radical (unpaired) electrons. The maximum atomic E-state index is 11.7. The van der Waals surface area contributed by atoms with Crippen molar-refractivity contribution in [2.24, 2.45) is 5.73 Å². The molecule has 0 fully saturated rings. The molecule has 1 rings (SSSR count). The van der Waals surface area contributed by atoms with E-state index < -0.39 is 9.84 Å². The number of hydrogen-bond donors (Lipinski definition) is 1. The van der Waals surface area contributed by atoms with E-state index in [1.165, 1.54) is 4.90 Å². The van der Waals surface area contributed by atoms with Crippen LogP contribution in [-0.4, -0.2) is 51.4 Å². The zero-order chi connectivity index (χ0) is 15.2. The summed E-state index contributed by atoms with van der Waals surface area (Å²) in [5.74, 6) is 0.254. The van der Waals surface area contributed by atoms with Crippen LogP contribution < -0.4 is 10.5 Å². The van der Waals surface area contributed by atoms with Gasteiger partial charge in [-0.2, -0.15) is 0 Å². The van der Waals surface area contributed by atoms with Gasteiger partial charge in [0.05, 0.1) is 5.75 Å². The lowest BCUT2D eigenvalue weighted by Crippen LogP contribution is -2.34. The van der Waals surface area contributed by atoms with Gasteiger partial charge in [0.15, 0.2) is 6.61 Å². The molecule has 6 nitrogen and oxygen atoms in total. The number of carbonyl (C=O) groups is 1. The van der Waals surface area contributed by atoms with Crippen molar-refractivity contribution in [1.29, 1.82) is 0 Å². The molecule has 7 heteroatoms. The van der Waals surface area contributed by atoms with Gasteiger partial charge in [0.25, 0.3) is 5.91 Å². The first-order valence-electron chi connectivity index (χ1n) is 6.15. The summed E-state index contributed by atoms with van der Waals surface area (Å²) in [6.45, 7) is 0.489. The van der Waals surface area contributed by atoms with Crippen LogP contribution in [0.3, 0.4) is 0 Å². The number of benzene rings is 1. The summed E-state index contributed by atoms with van der Waals surface area (Å²) in [5, 5.41) is 0. The van der Waals surface area contributed by atoms with Crippen LogP contribution >= 0.6 is 0 Å². The van der Waals surface area contributed by atoms with Gasteiger partial charge in [-0.15, -0.1) is 0 Å². The van der Waals surface area contributed by atoms with Crippen molar-refractivity contribution in [3.8, 4) is 5.75 Å². The Labute approximate surface area is 119 Å². The molecule has 0 aliphatic rings. The molecule has 0 spiro atoms. The normalized spacial score (nSPS) is 11.2. The van der Waals surface area contributed by atoms with E-state index in [1.54, 1.807) is 19.2 Å². The molecule has 0 saturated heterocycles. The molecule has 2 N–H and O–H groups in total. The number of carbonyl (C=O) groups excluding carboxylic acids is 1. The minimum absolute atomic E-state index is 0.0551. The molecular weight excluding hydrogens is 280 g/mol. The maximum Gasteiger partial charge on any atom is 0.260 e. The highest BCUT2D eigenvalue weighted by Gasteiger charge is 2.12. The minimum Gasteiger partial charge on any atom is -0.484 e. The average molecular weight is 300 g/mol. The van der Waals surface area contributed by atoms with Crippen LogP contribution in [0.15, 0.2) is 24.3 Å². The Morgan fingerprint density at radius 2 is 1.90 bits per heavy atom. The number of ether oxygens (including phenoxy) is 1. The minimum atomic E-state index is -3.07. The Balaban J connectivity index is 2.41. The highest BCUT2D eigenvalue weighted by molar-refractivity contribution is 7.90. The molecule has 1 amide bonds. The van der Waals surface area contributed by atoms with Gasteiger partial charge in [0.1, 0.15) is 15.6 Å². The zero-order valence-corrected chi connectivity index (χ0v) is 12.5. The third-order valence-electron chi connectivity index (χ3n) is 2.74. The molecule has 0 atom stereocenters. The van der Waals surface area contributed by atoms with Crippen molar-refractivity contribution in [2.75, 3.05) is 32.2 Å². The summed E-state index contributed by atoms with van der Waals surface area (Å²) in [4.78, 5) is 13.1. The quantitative estimate of drug-likeness (QED) is 0.767. The Hall–Kier alpha value is -1.60. The van der Waals surface area contributed by atoms with E-state index in [2.05, 4.69) is 0 Å². The summed E-state index contributed by atoms with van der Waals surface area (Å²) >= 11 is 0. The number of amides is 1. The SMILES string of the molecule is CN(CCS(C)(=O)=O)C(=O)COc1ccc(CN)cc1. The van der Waals surface area contributed by atoms with E-state index in [0.29, 0.717) is 12.3 Å². The van der Waals surface area contributed by atoms with Gasteiger partial charge in [-0.25, -0.2) is 8.42 Å². The van der Waals surface area contributed by atoms with Crippen LogP contribution in [0.1, 0.15) is 5.56 Å². The fraction of sp³-hybridized carbons (Fsp3) is 0.462. The number of likely N-dealkylation sites (N-methyl/N-ethyl adjacent to an activating group) is 1. The highest BCUT2D eigenvalue weighted by atomic mass is 32.2. The fourth-order valence-corrected chi connectivity index (χ4v) is 2.01. The maximum absolute atomic E-state index is 11.7. The summed E-state index contributed by atoms with van der Waals surface area (Å²) < 4.78 is 27.4. The molecular formula is C13H20N2O4S. The van der Waals surface area contributed by atoms with Gasteiger partial charge in [0.2, 0.25) is 0 Å². The topological polar surface area (TPSA) is 89.7 Å². The average Bonchev–Trinajstić information content (AvgIpc) is 2.41. The molecule has 1 aromatic carbocycles. The molecule has 0 unspecified atom stereocenters. The van der Waals surface area contributed by atoms with Gasteiger partial charge >= 0.3 is 0 Å². The van der Waals surface area contributed by atoms with E-state index >= 15 is 0 Å². The van der Waals surface area contributed by atoms with Gasteiger partial charge in [0, 0.05) is 26.4 Å². The number of nitrogens with zero attached hydrogens (tertiary/aromatic N) is 1. The third kappa shape index (κ3) is 6.03. The van der Waals surface area contributed by atoms with E-state index in [-0.39, 0.29) is 24.8 Å². The Morgan fingerprint density at radius 1 is 1.30 bits per heavy atom. The molecule has 0 bridgehead atoms. The number of rotatable bonds is 7. The standard InChI is InChI=1S/C13H20N2O4S/c1-15(7-8-20(2,17)18)13(16)10-19-12-5-3-11(9-14)4-6-12/h3-6H,7-10,14H2,1-2H3. The fourth-order valence-electron chi connectivity index (χ4n) is 1.40. The number of sulfone groups is 1. The molecule has 0 aliphatic carbocycles. The molecule has 20 heavy (non-hydrogen) atoms. The Kier molecular flexibility index (Phi) is 5.97. The monoisotopic (exact) mass is 300 g/mol. The van der Waals surface area contributed by atoms with Crippen molar-refractivity contribution < 1.29 is 17.9 Å². The lowest BCUT2D eigenvalue weighted by atomic mass is 10.2. The second-order valence-corrected chi connectivity index (χ2v) is 6.84. The van der Waals surface area contributed by atoms with Crippen molar-refractivity contribution in [1.82, 2.24) is 4.90 Å². The van der Waals surface area contributed by atoms with Crippen LogP contribution in [0.25, 0.3) is 0 Å². The highest BCUT2D eigenvalue weighted by Crippen LogP contribution is 2.11. The zero-order valence-electron chi connectivity index (χ0n) is 11.7. The van der Waals surface area contributed by atoms with Crippen molar-refractivity contribution in [3.63, 3.8) is 0 Å². The second-order valence-electron chi connectivity index (χ2n) is 4.58. The first-order chi connectivity index (χ1) is 9.31. The van der Waals surface area contributed by atoms with Crippen LogP contribution in [0.4, 0.5) is 0 Å². The van der Waals surface area contributed by atoms with E-state index in [4.69, 9.17) is 10.5 Å². The first kappa shape index (κ1) is 16.5. The number of hydrogen-bond acceptors (Lipinski definition) is 5. The predicted molar refractivity (Wildman–Crippen MR) is 77.2 cm³/mol. The van der Waals surface area contributed by atoms with Gasteiger partial charge < -0.3 is 15.4 Å². The third-order valence-corrected chi connectivity index (χ3v) is 3.67. The van der Waals surface area contributed by atoms with Crippen LogP contribution in [0.2, 0.25) is 0 Å². The molecule has 1 aromatic rings.